The lowest BCUT2D eigenvalue weighted by atomic mass is 10.1. The number of carbonyl (C=O) groups excluding carboxylic acids is 2. The van der Waals surface area contributed by atoms with Crippen LogP contribution in [0.2, 0.25) is 0 Å². The molecule has 0 saturated carbocycles. The largest absolute Gasteiger partial charge is 0.353 e. The maximum atomic E-state index is 12.1. The fourth-order valence-electron chi connectivity index (χ4n) is 2.32. The molecule has 1 aliphatic heterocycles. The minimum atomic E-state index is -0.554. The van der Waals surface area contributed by atoms with Crippen LogP contribution in [0.4, 0.5) is 0 Å². The van der Waals surface area contributed by atoms with Crippen LogP contribution >= 0.6 is 0 Å². The van der Waals surface area contributed by atoms with Crippen molar-refractivity contribution in [2.24, 2.45) is 4.99 Å². The Hall–Kier alpha value is -2.15. The monoisotopic (exact) mass is 294 g/mol. The minimum absolute atomic E-state index is 0.0124. The molecule has 0 aliphatic carbocycles. The van der Waals surface area contributed by atoms with E-state index in [0.717, 1.165) is 5.82 Å². The summed E-state index contributed by atoms with van der Waals surface area (Å²) in [7, 11) is 0. The fourth-order valence-corrected chi connectivity index (χ4v) is 2.32. The number of aliphatic imine (C=N–C) groups is 1. The molecule has 1 fully saturated rings. The Morgan fingerprint density at radius 2 is 2.14 bits per heavy atom. The number of carbonyl (C=O) groups is 2. The Labute approximate surface area is 124 Å². The molecule has 0 aromatic carbocycles. The van der Waals surface area contributed by atoms with Gasteiger partial charge in [-0.15, -0.1) is 0 Å². The molecule has 1 aliphatic rings. The lowest BCUT2D eigenvalue weighted by Crippen LogP contribution is -2.53. The van der Waals surface area contributed by atoms with Crippen molar-refractivity contribution in [3.05, 3.63) is 24.6 Å². The van der Waals surface area contributed by atoms with E-state index in [2.05, 4.69) is 18.3 Å². The van der Waals surface area contributed by atoms with Crippen molar-refractivity contribution < 1.29 is 14.8 Å². The topological polar surface area (TPSA) is 85.2 Å². The molecule has 0 radical (unpaired) electrons. The van der Waals surface area contributed by atoms with Gasteiger partial charge in [-0.3, -0.25) is 14.8 Å². The highest BCUT2D eigenvalue weighted by Crippen LogP contribution is 2.16. The summed E-state index contributed by atoms with van der Waals surface area (Å²) in [6.45, 7) is 11.0. The van der Waals surface area contributed by atoms with E-state index in [9.17, 15) is 9.59 Å². The highest BCUT2D eigenvalue weighted by molar-refractivity contribution is 5.83. The van der Waals surface area contributed by atoms with Gasteiger partial charge in [0, 0.05) is 38.5 Å². The average Bonchev–Trinajstić information content (AvgIpc) is 2.49. The van der Waals surface area contributed by atoms with Gasteiger partial charge in [0.25, 0.3) is 0 Å². The maximum absolute atomic E-state index is 12.1. The zero-order valence-corrected chi connectivity index (χ0v) is 12.3. The average molecular weight is 294 g/mol. The van der Waals surface area contributed by atoms with E-state index in [4.69, 9.17) is 5.21 Å². The summed E-state index contributed by atoms with van der Waals surface area (Å²) in [5.41, 5.74) is 1.52. The molecule has 1 saturated heterocycles. The Balaban J connectivity index is 2.58. The molecule has 0 bridgehead atoms. The summed E-state index contributed by atoms with van der Waals surface area (Å²) < 4.78 is 0. The number of rotatable bonds is 6. The highest BCUT2D eigenvalue weighted by atomic mass is 16.5. The van der Waals surface area contributed by atoms with Crippen molar-refractivity contribution >= 4 is 18.5 Å². The quantitative estimate of drug-likeness (QED) is 0.324. The van der Waals surface area contributed by atoms with Crippen LogP contribution in [0.5, 0.6) is 0 Å². The van der Waals surface area contributed by atoms with E-state index in [1.54, 1.807) is 17.1 Å². The Morgan fingerprint density at radius 3 is 2.67 bits per heavy atom. The summed E-state index contributed by atoms with van der Waals surface area (Å²) >= 11 is 0. The van der Waals surface area contributed by atoms with Crippen molar-refractivity contribution in [3.8, 4) is 0 Å². The molecule has 2 amide bonds. The molecular weight excluding hydrogens is 272 g/mol. The van der Waals surface area contributed by atoms with Crippen LogP contribution in [0.15, 0.2) is 29.5 Å². The molecule has 0 aromatic heterocycles. The van der Waals surface area contributed by atoms with Gasteiger partial charge in [0.15, 0.2) is 0 Å². The molecule has 0 aromatic rings. The fraction of sp³-hybridized carbons (Fsp3) is 0.500. The van der Waals surface area contributed by atoms with Crippen molar-refractivity contribution in [2.45, 2.75) is 25.8 Å². The number of nitrogens with zero attached hydrogens (tertiary/aromatic N) is 3. The summed E-state index contributed by atoms with van der Waals surface area (Å²) in [4.78, 5) is 30.8. The standard InChI is InChI=1S/C14H22N4O3/c1-4-5-12(15-3)17-8-9-18(11(2)10-17)14(20)7-6-13(19)16-21/h4-5,11,21H,1,3,6-10H2,2H3,(H,16,19)/b12-5+/t11-/m1/s1. The van der Waals surface area contributed by atoms with Crippen LogP contribution in [-0.4, -0.2) is 59.2 Å². The second-order valence-electron chi connectivity index (χ2n) is 4.84. The molecule has 21 heavy (non-hydrogen) atoms. The number of hydrogen-bond acceptors (Lipinski definition) is 5. The number of amides is 2. The molecule has 116 valence electrons. The van der Waals surface area contributed by atoms with Crippen molar-refractivity contribution in [1.29, 1.82) is 0 Å². The second-order valence-corrected chi connectivity index (χ2v) is 4.84. The molecule has 7 nitrogen and oxygen atoms in total. The number of hydroxylamine groups is 1. The Bertz CT molecular complexity index is 448. The van der Waals surface area contributed by atoms with Crippen LogP contribution < -0.4 is 5.48 Å². The van der Waals surface area contributed by atoms with E-state index in [0.29, 0.717) is 19.6 Å². The van der Waals surface area contributed by atoms with E-state index in [-0.39, 0.29) is 24.8 Å². The first kappa shape index (κ1) is 16.9. The van der Waals surface area contributed by atoms with Gasteiger partial charge in [-0.05, 0) is 19.7 Å². The molecule has 7 heteroatoms. The Kier molecular flexibility index (Phi) is 6.61. The Morgan fingerprint density at radius 1 is 1.43 bits per heavy atom. The van der Waals surface area contributed by atoms with Gasteiger partial charge < -0.3 is 9.80 Å². The summed E-state index contributed by atoms with van der Waals surface area (Å²) in [6, 6.07) is 0.0124. The van der Waals surface area contributed by atoms with Crippen molar-refractivity contribution in [2.75, 3.05) is 19.6 Å². The molecule has 0 unspecified atom stereocenters. The molecule has 2 N–H and O–H groups in total. The van der Waals surface area contributed by atoms with Gasteiger partial charge in [0.1, 0.15) is 5.82 Å². The zero-order chi connectivity index (χ0) is 15.8. The third-order valence-electron chi connectivity index (χ3n) is 3.39. The van der Waals surface area contributed by atoms with Gasteiger partial charge >= 0.3 is 0 Å². The molecule has 0 spiro atoms. The van der Waals surface area contributed by atoms with E-state index < -0.39 is 5.91 Å². The summed E-state index contributed by atoms with van der Waals surface area (Å²) in [6.07, 6.45) is 3.51. The van der Waals surface area contributed by atoms with Crippen LogP contribution in [-0.2, 0) is 9.59 Å². The van der Waals surface area contributed by atoms with Crippen molar-refractivity contribution in [1.82, 2.24) is 15.3 Å². The van der Waals surface area contributed by atoms with Gasteiger partial charge in [0.05, 0.1) is 0 Å². The lowest BCUT2D eigenvalue weighted by molar-refractivity contribution is -0.138. The van der Waals surface area contributed by atoms with Gasteiger partial charge in [-0.2, -0.15) is 0 Å². The number of nitrogens with one attached hydrogen (secondary N) is 1. The second kappa shape index (κ2) is 8.21. The first-order chi connectivity index (χ1) is 10.0. The highest BCUT2D eigenvalue weighted by Gasteiger charge is 2.28. The van der Waals surface area contributed by atoms with Gasteiger partial charge in [0.2, 0.25) is 11.8 Å². The predicted octanol–water partition coefficient (Wildman–Crippen LogP) is 0.533. The molecule has 1 rings (SSSR count). The maximum Gasteiger partial charge on any atom is 0.243 e. The minimum Gasteiger partial charge on any atom is -0.353 e. The molecular formula is C14H22N4O3. The van der Waals surface area contributed by atoms with E-state index in [1.165, 1.54) is 5.48 Å². The molecule has 1 atom stereocenters. The van der Waals surface area contributed by atoms with E-state index in [1.807, 2.05) is 11.8 Å². The first-order valence-electron chi connectivity index (χ1n) is 6.80. The number of hydrogen-bond donors (Lipinski definition) is 2. The zero-order valence-electron chi connectivity index (χ0n) is 12.3. The number of allylic oxidation sites excluding steroid dienone is 2. The first-order valence-corrected chi connectivity index (χ1v) is 6.80. The normalized spacial score (nSPS) is 19.1. The third-order valence-corrected chi connectivity index (χ3v) is 3.39. The lowest BCUT2D eigenvalue weighted by Gasteiger charge is -2.40. The van der Waals surface area contributed by atoms with Gasteiger partial charge in [-0.25, -0.2) is 10.5 Å². The third kappa shape index (κ3) is 4.71. The van der Waals surface area contributed by atoms with Crippen molar-refractivity contribution in [3.63, 3.8) is 0 Å². The predicted molar refractivity (Wildman–Crippen MR) is 79.7 cm³/mol. The summed E-state index contributed by atoms with van der Waals surface area (Å²) in [5.74, 6) is 0.0943. The van der Waals surface area contributed by atoms with Crippen LogP contribution in [0.3, 0.4) is 0 Å². The van der Waals surface area contributed by atoms with Gasteiger partial charge in [-0.1, -0.05) is 12.7 Å². The van der Waals surface area contributed by atoms with E-state index >= 15 is 0 Å². The van der Waals surface area contributed by atoms with Crippen LogP contribution in [0.25, 0.3) is 0 Å². The smallest absolute Gasteiger partial charge is 0.243 e. The molecule has 1 heterocycles. The summed E-state index contributed by atoms with van der Waals surface area (Å²) in [5, 5.41) is 8.42. The van der Waals surface area contributed by atoms with Crippen LogP contribution in [0.1, 0.15) is 19.8 Å². The van der Waals surface area contributed by atoms with Crippen LogP contribution in [0, 0.1) is 0 Å². The number of piperazine rings is 1. The SMILES string of the molecule is C=C/C=C(\N=C)N1CCN(C(=O)CCC(=O)NO)[C@H](C)C1.